The minimum Gasteiger partial charge on any atom is -0.490 e. The van der Waals surface area contributed by atoms with Crippen molar-refractivity contribution in [3.8, 4) is 11.5 Å². The molecule has 3 amide bonds. The van der Waals surface area contributed by atoms with E-state index in [1.54, 1.807) is 30.3 Å². The molecule has 0 radical (unpaired) electrons. The van der Waals surface area contributed by atoms with Crippen LogP contribution in [0, 0.1) is 5.82 Å². The Morgan fingerprint density at radius 1 is 1.05 bits per heavy atom. The summed E-state index contributed by atoms with van der Waals surface area (Å²) in [5.41, 5.74) is 1.80. The fourth-order valence-corrected chi connectivity index (χ4v) is 4.47. The topological polar surface area (TPSA) is 84.9 Å². The van der Waals surface area contributed by atoms with Gasteiger partial charge in [0.15, 0.2) is 11.5 Å². The van der Waals surface area contributed by atoms with E-state index in [2.05, 4.69) is 5.32 Å². The van der Waals surface area contributed by atoms with Gasteiger partial charge in [-0.15, -0.1) is 0 Å². The molecule has 1 aliphatic rings. The molecule has 190 valence electrons. The number of carbonyl (C=O) groups is 3. The van der Waals surface area contributed by atoms with Gasteiger partial charge in [0.2, 0.25) is 5.91 Å². The average Bonchev–Trinajstić information content (AvgIpc) is 3.13. The van der Waals surface area contributed by atoms with Crippen LogP contribution in [0.3, 0.4) is 0 Å². The molecule has 3 aromatic carbocycles. The number of anilines is 1. The van der Waals surface area contributed by atoms with Gasteiger partial charge in [0.25, 0.3) is 11.1 Å². The first-order valence-corrected chi connectivity index (χ1v) is 12.5. The van der Waals surface area contributed by atoms with Crippen LogP contribution in [-0.2, 0) is 16.2 Å². The Hall–Kier alpha value is -3.82. The van der Waals surface area contributed by atoms with Crippen molar-refractivity contribution in [3.63, 3.8) is 0 Å². The van der Waals surface area contributed by atoms with Crippen molar-refractivity contribution in [2.45, 2.75) is 13.5 Å². The molecule has 0 saturated carbocycles. The van der Waals surface area contributed by atoms with Crippen LogP contribution in [0.4, 0.5) is 14.9 Å². The van der Waals surface area contributed by atoms with Crippen molar-refractivity contribution >= 4 is 52.2 Å². The second-order valence-corrected chi connectivity index (χ2v) is 9.24. The van der Waals surface area contributed by atoms with Crippen molar-refractivity contribution in [3.05, 3.63) is 93.6 Å². The Morgan fingerprint density at radius 2 is 1.81 bits per heavy atom. The molecule has 0 unspecified atom stereocenters. The van der Waals surface area contributed by atoms with Crippen molar-refractivity contribution in [1.82, 2.24) is 4.90 Å². The predicted molar refractivity (Wildman–Crippen MR) is 141 cm³/mol. The highest BCUT2D eigenvalue weighted by molar-refractivity contribution is 8.18. The van der Waals surface area contributed by atoms with E-state index < -0.39 is 29.4 Å². The van der Waals surface area contributed by atoms with Gasteiger partial charge in [0, 0.05) is 16.3 Å². The Bertz CT molecular complexity index is 1360. The molecular weight excluding hydrogens is 519 g/mol. The summed E-state index contributed by atoms with van der Waals surface area (Å²) in [4.78, 5) is 38.6. The summed E-state index contributed by atoms with van der Waals surface area (Å²) in [6.45, 7) is 2.02. The number of hydrogen-bond donors (Lipinski definition) is 1. The summed E-state index contributed by atoms with van der Waals surface area (Å²) in [5.74, 6) is -0.623. The SMILES string of the molecule is CCOc1cc(/C=C2\SC(=O)N(CC(=O)Nc3ccc(F)cc3)C2=O)ccc1OCc1ccccc1Cl. The first-order chi connectivity index (χ1) is 17.8. The lowest BCUT2D eigenvalue weighted by atomic mass is 10.1. The predicted octanol–water partition coefficient (Wildman–Crippen LogP) is 6.13. The molecule has 0 aliphatic carbocycles. The lowest BCUT2D eigenvalue weighted by molar-refractivity contribution is -0.127. The standard InChI is InChI=1S/C27H22ClFN2O5S/c1-2-35-23-13-17(7-12-22(23)36-16-18-5-3-4-6-21(18)28)14-24-26(33)31(27(34)37-24)15-25(32)30-20-10-8-19(29)9-11-20/h3-14H,2,15-16H2,1H3,(H,30,32)/b24-14-. The van der Waals surface area contributed by atoms with Crippen molar-refractivity contribution in [2.24, 2.45) is 0 Å². The number of imide groups is 1. The van der Waals surface area contributed by atoms with Crippen molar-refractivity contribution in [1.29, 1.82) is 0 Å². The number of amides is 3. The Kier molecular flexibility index (Phi) is 8.47. The van der Waals surface area contributed by atoms with E-state index in [9.17, 15) is 18.8 Å². The van der Waals surface area contributed by atoms with Gasteiger partial charge in [-0.2, -0.15) is 0 Å². The van der Waals surface area contributed by atoms with Crippen LogP contribution in [0.25, 0.3) is 6.08 Å². The number of hydrogen-bond acceptors (Lipinski definition) is 6. The molecule has 7 nitrogen and oxygen atoms in total. The van der Waals surface area contributed by atoms with Crippen LogP contribution < -0.4 is 14.8 Å². The van der Waals surface area contributed by atoms with Crippen LogP contribution in [0.1, 0.15) is 18.1 Å². The molecule has 3 aromatic rings. The summed E-state index contributed by atoms with van der Waals surface area (Å²) < 4.78 is 24.7. The van der Waals surface area contributed by atoms with Gasteiger partial charge in [-0.25, -0.2) is 4.39 Å². The molecule has 1 fully saturated rings. The maximum Gasteiger partial charge on any atom is 0.294 e. The second-order valence-electron chi connectivity index (χ2n) is 7.84. The number of nitrogens with zero attached hydrogens (tertiary/aromatic N) is 1. The molecule has 1 aliphatic heterocycles. The van der Waals surface area contributed by atoms with Gasteiger partial charge in [-0.05, 0) is 72.8 Å². The van der Waals surface area contributed by atoms with E-state index in [0.29, 0.717) is 34.4 Å². The van der Waals surface area contributed by atoms with E-state index in [0.717, 1.165) is 22.2 Å². The molecular formula is C27H22ClFN2O5S. The van der Waals surface area contributed by atoms with Gasteiger partial charge < -0.3 is 14.8 Å². The van der Waals surface area contributed by atoms with Crippen LogP contribution >= 0.6 is 23.4 Å². The minimum atomic E-state index is -0.582. The number of ether oxygens (including phenoxy) is 2. The van der Waals surface area contributed by atoms with E-state index in [4.69, 9.17) is 21.1 Å². The molecule has 37 heavy (non-hydrogen) atoms. The van der Waals surface area contributed by atoms with Gasteiger partial charge in [-0.1, -0.05) is 35.9 Å². The number of thioether (sulfide) groups is 1. The number of rotatable bonds is 9. The third kappa shape index (κ3) is 6.69. The highest BCUT2D eigenvalue weighted by Crippen LogP contribution is 2.35. The van der Waals surface area contributed by atoms with E-state index in [1.807, 2.05) is 25.1 Å². The highest BCUT2D eigenvalue weighted by Gasteiger charge is 2.36. The third-order valence-corrected chi connectivity index (χ3v) is 6.49. The summed E-state index contributed by atoms with van der Waals surface area (Å²) in [6.07, 6.45) is 1.56. The molecule has 10 heteroatoms. The van der Waals surface area contributed by atoms with E-state index in [-0.39, 0.29) is 11.5 Å². The normalized spacial score (nSPS) is 14.2. The lowest BCUT2D eigenvalue weighted by Crippen LogP contribution is -2.36. The number of carbonyl (C=O) groups excluding carboxylic acids is 3. The Labute approximate surface area is 222 Å². The second kappa shape index (κ2) is 11.9. The summed E-state index contributed by atoms with van der Waals surface area (Å²) in [6, 6.07) is 17.7. The first kappa shape index (κ1) is 26.2. The van der Waals surface area contributed by atoms with E-state index >= 15 is 0 Å². The maximum absolute atomic E-state index is 13.1. The minimum absolute atomic E-state index is 0.173. The fraction of sp³-hybridized carbons (Fsp3) is 0.148. The third-order valence-electron chi connectivity index (χ3n) is 5.21. The average molecular weight is 541 g/mol. The van der Waals surface area contributed by atoms with Gasteiger partial charge in [0.1, 0.15) is 19.0 Å². The Morgan fingerprint density at radius 3 is 2.54 bits per heavy atom. The van der Waals surface area contributed by atoms with E-state index in [1.165, 1.54) is 24.3 Å². The zero-order valence-corrected chi connectivity index (χ0v) is 21.3. The maximum atomic E-state index is 13.1. The molecule has 0 aromatic heterocycles. The van der Waals surface area contributed by atoms with Crippen LogP contribution in [0.2, 0.25) is 5.02 Å². The lowest BCUT2D eigenvalue weighted by Gasteiger charge is -2.13. The molecule has 0 atom stereocenters. The first-order valence-electron chi connectivity index (χ1n) is 11.3. The highest BCUT2D eigenvalue weighted by atomic mass is 35.5. The van der Waals surface area contributed by atoms with Crippen LogP contribution in [-0.4, -0.2) is 35.1 Å². The quantitative estimate of drug-likeness (QED) is 0.329. The summed E-state index contributed by atoms with van der Waals surface area (Å²) in [7, 11) is 0. The molecule has 4 rings (SSSR count). The largest absolute Gasteiger partial charge is 0.490 e. The van der Waals surface area contributed by atoms with Crippen LogP contribution in [0.15, 0.2) is 71.6 Å². The molecule has 0 bridgehead atoms. The number of halogens is 2. The van der Waals surface area contributed by atoms with Crippen molar-refractivity contribution < 1.29 is 28.2 Å². The zero-order valence-electron chi connectivity index (χ0n) is 19.7. The van der Waals surface area contributed by atoms with Gasteiger partial charge >= 0.3 is 0 Å². The van der Waals surface area contributed by atoms with Gasteiger partial charge in [-0.3, -0.25) is 19.3 Å². The molecule has 0 spiro atoms. The summed E-state index contributed by atoms with van der Waals surface area (Å²) in [5, 5.41) is 2.57. The Balaban J connectivity index is 1.45. The van der Waals surface area contributed by atoms with Gasteiger partial charge in [0.05, 0.1) is 11.5 Å². The fourth-order valence-electron chi connectivity index (χ4n) is 3.44. The smallest absolute Gasteiger partial charge is 0.294 e. The number of nitrogens with one attached hydrogen (secondary N) is 1. The molecule has 1 saturated heterocycles. The summed E-state index contributed by atoms with van der Waals surface area (Å²) >= 11 is 6.94. The molecule has 1 N–H and O–H groups in total. The van der Waals surface area contributed by atoms with Crippen LogP contribution in [0.5, 0.6) is 11.5 Å². The zero-order chi connectivity index (χ0) is 26.4. The van der Waals surface area contributed by atoms with Crippen molar-refractivity contribution in [2.75, 3.05) is 18.5 Å². The number of benzene rings is 3. The molecule has 1 heterocycles. The monoisotopic (exact) mass is 540 g/mol.